The molecule has 17 heavy (non-hydrogen) atoms. The lowest BCUT2D eigenvalue weighted by molar-refractivity contribution is 0.266. The maximum Gasteiger partial charge on any atom is 0.200 e. The zero-order valence-corrected chi connectivity index (χ0v) is 9.56. The zero-order valence-electron chi connectivity index (χ0n) is 9.56. The topological polar surface area (TPSA) is 21.3 Å². The number of rotatable bonds is 1. The first-order chi connectivity index (χ1) is 8.27. The van der Waals surface area contributed by atoms with Gasteiger partial charge in [0.05, 0.1) is 6.61 Å². The molecule has 1 saturated heterocycles. The molecule has 0 saturated carbocycles. The van der Waals surface area contributed by atoms with Crippen LogP contribution in [0.5, 0.6) is 5.75 Å². The van der Waals surface area contributed by atoms with E-state index in [-0.39, 0.29) is 11.8 Å². The first kappa shape index (κ1) is 11.0. The Kier molecular flexibility index (Phi) is 2.74. The van der Waals surface area contributed by atoms with Gasteiger partial charge in [-0.2, -0.15) is 4.39 Å². The molecule has 1 N–H and O–H groups in total. The molecule has 2 aliphatic heterocycles. The van der Waals surface area contributed by atoms with Crippen molar-refractivity contribution in [1.29, 1.82) is 0 Å². The zero-order chi connectivity index (χ0) is 11.8. The molecule has 0 unspecified atom stereocenters. The average molecular weight is 239 g/mol. The second kappa shape index (κ2) is 4.26. The van der Waals surface area contributed by atoms with Crippen LogP contribution < -0.4 is 10.1 Å². The van der Waals surface area contributed by atoms with E-state index in [2.05, 4.69) is 5.32 Å². The summed E-state index contributed by atoms with van der Waals surface area (Å²) in [4.78, 5) is 0. The molecule has 0 bridgehead atoms. The summed E-state index contributed by atoms with van der Waals surface area (Å²) < 4.78 is 32.5. The van der Waals surface area contributed by atoms with Crippen molar-refractivity contribution < 1.29 is 13.5 Å². The molecule has 4 heteroatoms. The molecule has 1 aromatic rings. The van der Waals surface area contributed by atoms with Crippen LogP contribution in [0.2, 0.25) is 0 Å². The number of ether oxygens (including phenoxy) is 1. The second-order valence-corrected chi connectivity index (χ2v) is 4.67. The van der Waals surface area contributed by atoms with Crippen LogP contribution in [-0.2, 0) is 6.42 Å². The highest BCUT2D eigenvalue weighted by molar-refractivity contribution is 5.45. The van der Waals surface area contributed by atoms with E-state index in [0.717, 1.165) is 43.4 Å². The van der Waals surface area contributed by atoms with Crippen LogP contribution in [0.1, 0.15) is 36.4 Å². The molecule has 92 valence electrons. The summed E-state index contributed by atoms with van der Waals surface area (Å²) in [5, 5.41) is 3.33. The summed E-state index contributed by atoms with van der Waals surface area (Å²) in [5.74, 6) is -1.49. The summed E-state index contributed by atoms with van der Waals surface area (Å²) in [5.41, 5.74) is 1.74. The molecule has 0 spiro atoms. The van der Waals surface area contributed by atoms with E-state index >= 15 is 0 Å². The van der Waals surface area contributed by atoms with Gasteiger partial charge in [-0.3, -0.25) is 0 Å². The predicted molar refractivity (Wildman–Crippen MR) is 60.2 cm³/mol. The Bertz CT molecular complexity index is 442. The lowest BCUT2D eigenvalue weighted by Gasteiger charge is -2.24. The molecule has 0 radical (unpaired) electrons. The number of hydrogen-bond acceptors (Lipinski definition) is 2. The number of benzene rings is 1. The van der Waals surface area contributed by atoms with Gasteiger partial charge in [0.25, 0.3) is 0 Å². The highest BCUT2D eigenvalue weighted by Gasteiger charge is 2.27. The third-order valence-corrected chi connectivity index (χ3v) is 3.57. The number of hydrogen-bond donors (Lipinski definition) is 1. The lowest BCUT2D eigenvalue weighted by Crippen LogP contribution is -2.19. The van der Waals surface area contributed by atoms with Crippen LogP contribution >= 0.6 is 0 Å². The van der Waals surface area contributed by atoms with Gasteiger partial charge in [-0.25, -0.2) is 4.39 Å². The van der Waals surface area contributed by atoms with Gasteiger partial charge in [0.15, 0.2) is 11.6 Å². The minimum Gasteiger partial charge on any atom is -0.490 e. The maximum atomic E-state index is 13.6. The standard InChI is InChI=1S/C13H15F2NO/c14-10-7-9(11-4-1-5-16-11)8-3-2-6-17-13(8)12(10)15/h7,11,16H,1-6H2/t11-/m1/s1. The Morgan fingerprint density at radius 3 is 2.94 bits per heavy atom. The van der Waals surface area contributed by atoms with Crippen LogP contribution in [0.3, 0.4) is 0 Å². The van der Waals surface area contributed by atoms with E-state index in [4.69, 9.17) is 4.74 Å². The fourth-order valence-corrected chi connectivity index (χ4v) is 2.75. The van der Waals surface area contributed by atoms with Crippen molar-refractivity contribution in [2.45, 2.75) is 31.7 Å². The Balaban J connectivity index is 2.10. The Morgan fingerprint density at radius 1 is 1.29 bits per heavy atom. The van der Waals surface area contributed by atoms with E-state index in [1.807, 2.05) is 0 Å². The molecule has 2 aliphatic rings. The van der Waals surface area contributed by atoms with Gasteiger partial charge >= 0.3 is 0 Å². The van der Waals surface area contributed by atoms with E-state index in [0.29, 0.717) is 6.61 Å². The first-order valence-electron chi connectivity index (χ1n) is 6.14. The van der Waals surface area contributed by atoms with Crippen molar-refractivity contribution in [1.82, 2.24) is 5.32 Å². The van der Waals surface area contributed by atoms with Gasteiger partial charge in [-0.15, -0.1) is 0 Å². The van der Waals surface area contributed by atoms with Crippen molar-refractivity contribution in [2.75, 3.05) is 13.2 Å². The summed E-state index contributed by atoms with van der Waals surface area (Å²) >= 11 is 0. The molecule has 3 rings (SSSR count). The molecular weight excluding hydrogens is 224 g/mol. The molecule has 0 aromatic heterocycles. The van der Waals surface area contributed by atoms with Crippen molar-refractivity contribution in [2.24, 2.45) is 0 Å². The number of fused-ring (bicyclic) bond motifs is 1. The molecule has 1 atom stereocenters. The molecule has 1 aromatic carbocycles. The van der Waals surface area contributed by atoms with Crippen molar-refractivity contribution in [3.63, 3.8) is 0 Å². The van der Waals surface area contributed by atoms with Crippen molar-refractivity contribution in [3.05, 3.63) is 28.8 Å². The molecule has 2 nitrogen and oxygen atoms in total. The van der Waals surface area contributed by atoms with Crippen LogP contribution in [0.4, 0.5) is 8.78 Å². The summed E-state index contributed by atoms with van der Waals surface area (Å²) in [6.07, 6.45) is 3.72. The van der Waals surface area contributed by atoms with Gasteiger partial charge in [-0.1, -0.05) is 0 Å². The molecular formula is C13H15F2NO. The van der Waals surface area contributed by atoms with E-state index < -0.39 is 11.6 Å². The van der Waals surface area contributed by atoms with Crippen LogP contribution in [0.15, 0.2) is 6.07 Å². The first-order valence-corrected chi connectivity index (χ1v) is 6.14. The summed E-state index contributed by atoms with van der Waals surface area (Å²) in [6, 6.07) is 1.49. The fourth-order valence-electron chi connectivity index (χ4n) is 2.75. The van der Waals surface area contributed by atoms with Gasteiger partial charge in [0.2, 0.25) is 5.82 Å². The van der Waals surface area contributed by atoms with E-state index in [9.17, 15) is 8.78 Å². The van der Waals surface area contributed by atoms with Gasteiger partial charge < -0.3 is 10.1 Å². The normalized spacial score (nSPS) is 23.3. The Morgan fingerprint density at radius 2 is 2.18 bits per heavy atom. The largest absolute Gasteiger partial charge is 0.490 e. The summed E-state index contributed by atoms with van der Waals surface area (Å²) in [6.45, 7) is 1.42. The molecule has 2 heterocycles. The number of nitrogens with one attached hydrogen (secondary N) is 1. The van der Waals surface area contributed by atoms with Crippen LogP contribution in [0, 0.1) is 11.6 Å². The lowest BCUT2D eigenvalue weighted by atomic mass is 9.93. The quantitative estimate of drug-likeness (QED) is 0.813. The Hall–Kier alpha value is -1.16. The van der Waals surface area contributed by atoms with Crippen LogP contribution in [0.25, 0.3) is 0 Å². The third-order valence-electron chi connectivity index (χ3n) is 3.57. The third kappa shape index (κ3) is 1.80. The average Bonchev–Trinajstić information content (AvgIpc) is 2.87. The SMILES string of the molecule is Fc1cc([C@H]2CCCN2)c2c(c1F)OCCC2. The highest BCUT2D eigenvalue weighted by atomic mass is 19.2. The minimum atomic E-state index is -0.832. The molecule has 1 fully saturated rings. The van der Waals surface area contributed by atoms with Crippen LogP contribution in [-0.4, -0.2) is 13.2 Å². The smallest absolute Gasteiger partial charge is 0.200 e. The summed E-state index contributed by atoms with van der Waals surface area (Å²) in [7, 11) is 0. The maximum absolute atomic E-state index is 13.6. The second-order valence-electron chi connectivity index (χ2n) is 4.67. The minimum absolute atomic E-state index is 0.139. The highest BCUT2D eigenvalue weighted by Crippen LogP contribution is 2.37. The monoisotopic (exact) mass is 239 g/mol. The van der Waals surface area contributed by atoms with Crippen molar-refractivity contribution in [3.8, 4) is 5.75 Å². The van der Waals surface area contributed by atoms with Gasteiger partial charge in [0, 0.05) is 11.6 Å². The fraction of sp³-hybridized carbons (Fsp3) is 0.538. The van der Waals surface area contributed by atoms with E-state index in [1.54, 1.807) is 0 Å². The van der Waals surface area contributed by atoms with E-state index in [1.165, 1.54) is 6.07 Å². The number of halogens is 2. The van der Waals surface area contributed by atoms with Crippen molar-refractivity contribution >= 4 is 0 Å². The molecule has 0 aliphatic carbocycles. The molecule has 0 amide bonds. The Labute approximate surface area is 99.0 Å². The van der Waals surface area contributed by atoms with Gasteiger partial charge in [0.1, 0.15) is 0 Å². The predicted octanol–water partition coefficient (Wildman–Crippen LogP) is 2.71. The van der Waals surface area contributed by atoms with Gasteiger partial charge in [-0.05, 0) is 43.9 Å².